The average Bonchev–Trinajstić information content (AvgIpc) is 2.54. The number of cyclic esters (lactones) is 2. The van der Waals surface area contributed by atoms with Crippen molar-refractivity contribution in [3.63, 3.8) is 0 Å². The summed E-state index contributed by atoms with van der Waals surface area (Å²) in [5.74, 6) is 0. The quantitative estimate of drug-likeness (QED) is 0.778. The van der Waals surface area contributed by atoms with Gasteiger partial charge in [0.25, 0.3) is 0 Å². The fraction of sp³-hybridized carbons (Fsp3) is 0.467. The van der Waals surface area contributed by atoms with Gasteiger partial charge in [-0.1, -0.05) is 37.3 Å². The van der Waals surface area contributed by atoms with E-state index in [1.165, 1.54) is 0 Å². The van der Waals surface area contributed by atoms with E-state index < -0.39 is 17.7 Å². The Labute approximate surface area is 122 Å². The van der Waals surface area contributed by atoms with Crippen LogP contribution in [0.5, 0.6) is 0 Å². The van der Waals surface area contributed by atoms with Gasteiger partial charge in [-0.25, -0.2) is 9.59 Å². The number of rotatable bonds is 5. The molecule has 114 valence electrons. The minimum absolute atomic E-state index is 0.0877. The third-order valence-electron chi connectivity index (χ3n) is 3.44. The molecule has 0 aromatic heterocycles. The minimum atomic E-state index is -0.747. The summed E-state index contributed by atoms with van der Waals surface area (Å²) >= 11 is 0. The maximum Gasteiger partial charge on any atom is 0.508 e. The average molecular weight is 294 g/mol. The van der Waals surface area contributed by atoms with Crippen LogP contribution in [0.2, 0.25) is 0 Å². The first-order chi connectivity index (χ1) is 10.1. The molecule has 1 aromatic rings. The first kappa shape index (κ1) is 15.2. The summed E-state index contributed by atoms with van der Waals surface area (Å²) in [4.78, 5) is 22.5. The topological polar surface area (TPSA) is 71.1 Å². The zero-order valence-corrected chi connectivity index (χ0v) is 11.9. The molecule has 2 rings (SSSR count). The number of carbonyl (C=O) groups is 2. The highest BCUT2D eigenvalue weighted by Gasteiger charge is 2.37. The molecule has 1 aliphatic heterocycles. The van der Waals surface area contributed by atoms with Crippen LogP contribution in [0.15, 0.2) is 30.3 Å². The Kier molecular flexibility index (Phi) is 5.03. The summed E-state index contributed by atoms with van der Waals surface area (Å²) in [7, 11) is 0. The van der Waals surface area contributed by atoms with E-state index >= 15 is 0 Å². The molecule has 1 fully saturated rings. The molecule has 0 bridgehead atoms. The predicted octanol–water partition coefficient (Wildman–Crippen LogP) is 2.90. The van der Waals surface area contributed by atoms with Gasteiger partial charge in [0.05, 0.1) is 5.41 Å². The van der Waals surface area contributed by atoms with Gasteiger partial charge in [0, 0.05) is 0 Å². The van der Waals surface area contributed by atoms with Gasteiger partial charge in [-0.3, -0.25) is 0 Å². The lowest BCUT2D eigenvalue weighted by Crippen LogP contribution is -2.43. The van der Waals surface area contributed by atoms with E-state index in [1.54, 1.807) is 0 Å². The maximum absolute atomic E-state index is 11.6. The van der Waals surface area contributed by atoms with Crippen LogP contribution in [0, 0.1) is 5.41 Å². The van der Waals surface area contributed by atoms with E-state index in [2.05, 4.69) is 0 Å². The molecule has 1 heterocycles. The van der Waals surface area contributed by atoms with Crippen LogP contribution < -0.4 is 0 Å². The number of hydrogen-bond acceptors (Lipinski definition) is 6. The third-order valence-corrected chi connectivity index (χ3v) is 3.44. The Morgan fingerprint density at radius 3 is 2.48 bits per heavy atom. The van der Waals surface area contributed by atoms with Crippen LogP contribution in [0.1, 0.15) is 18.9 Å². The molecular formula is C15H18O6. The van der Waals surface area contributed by atoms with Gasteiger partial charge < -0.3 is 18.9 Å². The molecule has 21 heavy (non-hydrogen) atoms. The summed E-state index contributed by atoms with van der Waals surface area (Å²) in [6, 6.07) is 9.33. The molecule has 1 saturated heterocycles. The van der Waals surface area contributed by atoms with Gasteiger partial charge in [-0.05, 0) is 12.0 Å². The zero-order valence-electron chi connectivity index (χ0n) is 11.9. The fourth-order valence-electron chi connectivity index (χ4n) is 1.87. The Bertz CT molecular complexity index is 474. The number of carbonyl (C=O) groups excluding carboxylic acids is 2. The van der Waals surface area contributed by atoms with E-state index in [9.17, 15) is 9.59 Å². The summed E-state index contributed by atoms with van der Waals surface area (Å²) in [6.07, 6.45) is -0.777. The molecule has 0 aliphatic carbocycles. The summed E-state index contributed by atoms with van der Waals surface area (Å²) in [5, 5.41) is 0. The van der Waals surface area contributed by atoms with Crippen LogP contribution in [-0.4, -0.2) is 32.1 Å². The molecule has 0 atom stereocenters. The minimum Gasteiger partial charge on any atom is -0.433 e. The summed E-state index contributed by atoms with van der Waals surface area (Å²) in [6.45, 7) is 2.51. The lowest BCUT2D eigenvalue weighted by Gasteiger charge is -2.33. The van der Waals surface area contributed by atoms with Crippen LogP contribution in [0.25, 0.3) is 0 Å². The van der Waals surface area contributed by atoms with E-state index in [0.717, 1.165) is 5.56 Å². The number of hydrogen-bond donors (Lipinski definition) is 0. The normalized spacial score (nSPS) is 16.5. The highest BCUT2D eigenvalue weighted by molar-refractivity contribution is 5.61. The molecular weight excluding hydrogens is 276 g/mol. The Hall–Kier alpha value is -2.24. The van der Waals surface area contributed by atoms with E-state index in [1.807, 2.05) is 37.3 Å². The Balaban J connectivity index is 1.76. The van der Waals surface area contributed by atoms with Crippen molar-refractivity contribution in [3.8, 4) is 0 Å². The Morgan fingerprint density at radius 1 is 1.19 bits per heavy atom. The fourth-order valence-corrected chi connectivity index (χ4v) is 1.87. The molecule has 0 spiro atoms. The van der Waals surface area contributed by atoms with Gasteiger partial charge in [-0.2, -0.15) is 0 Å². The van der Waals surface area contributed by atoms with E-state index in [4.69, 9.17) is 18.9 Å². The van der Waals surface area contributed by atoms with Crippen molar-refractivity contribution < 1.29 is 28.5 Å². The van der Waals surface area contributed by atoms with Gasteiger partial charge in [0.15, 0.2) is 0 Å². The highest BCUT2D eigenvalue weighted by Crippen LogP contribution is 2.27. The molecule has 0 amide bonds. The first-order valence-corrected chi connectivity index (χ1v) is 6.77. The lowest BCUT2D eigenvalue weighted by atomic mass is 9.87. The number of benzene rings is 1. The standard InChI is InChI=1S/C15H18O6/c1-2-15(10-20-14(17)21-11-15)9-19-13(16)18-8-12-6-4-3-5-7-12/h3-7H,2,8-11H2,1H3. The second-order valence-electron chi connectivity index (χ2n) is 4.99. The van der Waals surface area contributed by atoms with Crippen molar-refractivity contribution in [3.05, 3.63) is 35.9 Å². The zero-order chi connectivity index (χ0) is 15.1. The van der Waals surface area contributed by atoms with Crippen molar-refractivity contribution >= 4 is 12.3 Å². The summed E-state index contributed by atoms with van der Waals surface area (Å²) in [5.41, 5.74) is 0.384. The molecule has 0 N–H and O–H groups in total. The van der Waals surface area contributed by atoms with Crippen molar-refractivity contribution in [2.75, 3.05) is 19.8 Å². The SMILES string of the molecule is CCC1(COC(=O)OCc2ccccc2)COC(=O)OC1. The molecule has 1 aromatic carbocycles. The largest absolute Gasteiger partial charge is 0.508 e. The van der Waals surface area contributed by atoms with Gasteiger partial charge >= 0.3 is 12.3 Å². The van der Waals surface area contributed by atoms with Gasteiger partial charge in [0.1, 0.15) is 26.4 Å². The second kappa shape index (κ2) is 6.97. The Morgan fingerprint density at radius 2 is 1.86 bits per heavy atom. The molecule has 6 nitrogen and oxygen atoms in total. The third kappa shape index (κ3) is 4.37. The lowest BCUT2D eigenvalue weighted by molar-refractivity contribution is -0.0898. The predicted molar refractivity (Wildman–Crippen MR) is 72.6 cm³/mol. The molecule has 0 unspecified atom stereocenters. The van der Waals surface area contributed by atoms with E-state index in [-0.39, 0.29) is 26.4 Å². The molecule has 1 aliphatic rings. The first-order valence-electron chi connectivity index (χ1n) is 6.77. The molecule has 6 heteroatoms. The monoisotopic (exact) mass is 294 g/mol. The second-order valence-corrected chi connectivity index (χ2v) is 4.99. The van der Waals surface area contributed by atoms with Crippen LogP contribution in [-0.2, 0) is 25.6 Å². The maximum atomic E-state index is 11.6. The van der Waals surface area contributed by atoms with Crippen molar-refractivity contribution in [1.82, 2.24) is 0 Å². The van der Waals surface area contributed by atoms with Crippen LogP contribution in [0.4, 0.5) is 9.59 Å². The van der Waals surface area contributed by atoms with Crippen molar-refractivity contribution in [1.29, 1.82) is 0 Å². The van der Waals surface area contributed by atoms with Crippen LogP contribution in [0.3, 0.4) is 0 Å². The van der Waals surface area contributed by atoms with E-state index in [0.29, 0.717) is 6.42 Å². The smallest absolute Gasteiger partial charge is 0.433 e. The van der Waals surface area contributed by atoms with Gasteiger partial charge in [-0.15, -0.1) is 0 Å². The highest BCUT2D eigenvalue weighted by atomic mass is 16.7. The molecule has 0 radical (unpaired) electrons. The van der Waals surface area contributed by atoms with Gasteiger partial charge in [0.2, 0.25) is 0 Å². The van der Waals surface area contributed by atoms with Crippen LogP contribution >= 0.6 is 0 Å². The number of ether oxygens (including phenoxy) is 4. The molecule has 0 saturated carbocycles. The summed E-state index contributed by atoms with van der Waals surface area (Å²) < 4.78 is 19.8. The van der Waals surface area contributed by atoms with Crippen molar-refractivity contribution in [2.45, 2.75) is 20.0 Å². The van der Waals surface area contributed by atoms with Crippen molar-refractivity contribution in [2.24, 2.45) is 5.41 Å².